The van der Waals surface area contributed by atoms with Crippen LogP contribution in [0.5, 0.6) is 0 Å². The molecule has 0 aromatic heterocycles. The molecule has 1 N–H and O–H groups in total. The molecule has 4 heteroatoms. The van der Waals surface area contributed by atoms with Crippen LogP contribution in [0, 0.1) is 0 Å². The van der Waals surface area contributed by atoms with Gasteiger partial charge in [-0.15, -0.1) is 0 Å². The minimum atomic E-state index is -0.659. The van der Waals surface area contributed by atoms with E-state index in [0.717, 1.165) is 5.69 Å². The van der Waals surface area contributed by atoms with Crippen LogP contribution in [0.2, 0.25) is 0 Å². The number of methoxy groups -OCH3 is 1. The first-order chi connectivity index (χ1) is 11.6. The number of carbonyl (C=O) groups excluding carboxylic acids is 1. The Balaban J connectivity index is 1.81. The Morgan fingerprint density at radius 1 is 1.12 bits per heavy atom. The summed E-state index contributed by atoms with van der Waals surface area (Å²) in [5, 5.41) is 3.77. The van der Waals surface area contributed by atoms with Gasteiger partial charge in [0, 0.05) is 24.1 Å². The van der Waals surface area contributed by atoms with E-state index in [1.165, 1.54) is 23.8 Å². The summed E-state index contributed by atoms with van der Waals surface area (Å²) in [7, 11) is 1.48. The average molecular weight is 320 g/mol. The van der Waals surface area contributed by atoms with Gasteiger partial charge in [-0.05, 0) is 29.7 Å². The molecule has 2 aromatic carbocycles. The molecule has 24 heavy (non-hydrogen) atoms. The second-order valence-electron chi connectivity index (χ2n) is 7.17. The maximum Gasteiger partial charge on any atom is 0.331 e. The van der Waals surface area contributed by atoms with Gasteiger partial charge in [-0.2, -0.15) is 0 Å². The predicted octanol–water partition coefficient (Wildman–Crippen LogP) is 2.94. The lowest BCUT2D eigenvalue weighted by molar-refractivity contribution is -0.148. The zero-order valence-electron chi connectivity index (χ0n) is 13.8. The normalized spacial score (nSPS) is 32.1. The summed E-state index contributed by atoms with van der Waals surface area (Å²) < 4.78 is 5.20. The van der Waals surface area contributed by atoms with Crippen molar-refractivity contribution in [3.05, 3.63) is 65.2 Å². The fraction of sp³-hybridized carbons (Fsp3) is 0.350. The number of para-hydroxylation sites is 1. The highest BCUT2D eigenvalue weighted by molar-refractivity contribution is 5.88. The molecule has 0 radical (unpaired) electrons. The number of hydrogen-bond donors (Lipinski definition) is 1. The molecule has 3 heterocycles. The van der Waals surface area contributed by atoms with E-state index >= 15 is 0 Å². The van der Waals surface area contributed by atoms with Crippen LogP contribution >= 0.6 is 0 Å². The van der Waals surface area contributed by atoms with E-state index in [1.54, 1.807) is 0 Å². The average Bonchev–Trinajstić information content (AvgIpc) is 2.97. The predicted molar refractivity (Wildman–Crippen MR) is 91.9 cm³/mol. The molecule has 2 bridgehead atoms. The van der Waals surface area contributed by atoms with Crippen molar-refractivity contribution < 1.29 is 9.53 Å². The lowest BCUT2D eigenvalue weighted by atomic mass is 9.75. The zero-order chi connectivity index (χ0) is 16.5. The summed E-state index contributed by atoms with van der Waals surface area (Å²) in [6.45, 7) is 2.02. The van der Waals surface area contributed by atoms with Crippen molar-refractivity contribution in [1.29, 1.82) is 0 Å². The van der Waals surface area contributed by atoms with Gasteiger partial charge in [-0.1, -0.05) is 42.5 Å². The summed E-state index contributed by atoms with van der Waals surface area (Å²) in [6, 6.07) is 17.3. The standard InChI is InChI=1S/C20H20N2O2/c1-20(19(23)24-2)11-15-12-7-3-4-8-13(12)17-14-9-5-6-10-16(14)22(20)18(17)21-15/h3-10,15,17-18,21H,11H2,1-2H3/t15-,17-,18-,20+/m1/s1. The number of rotatable bonds is 1. The SMILES string of the molecule is COC(=O)[C@]1(C)C[C@H]2N[C@H]3[C@H](c4ccccc42)c2ccccc2N31. The van der Waals surface area contributed by atoms with Crippen LogP contribution in [0.1, 0.15) is 42.0 Å². The maximum absolute atomic E-state index is 12.7. The number of carbonyl (C=O) groups is 1. The molecular formula is C20H20N2O2. The van der Waals surface area contributed by atoms with Crippen molar-refractivity contribution in [2.45, 2.75) is 37.0 Å². The van der Waals surface area contributed by atoms with E-state index in [9.17, 15) is 4.79 Å². The lowest BCUT2D eigenvalue weighted by Gasteiger charge is -2.53. The fourth-order valence-corrected chi connectivity index (χ4v) is 4.99. The van der Waals surface area contributed by atoms with Crippen molar-refractivity contribution in [2.75, 3.05) is 12.0 Å². The largest absolute Gasteiger partial charge is 0.467 e. The van der Waals surface area contributed by atoms with Gasteiger partial charge in [0.25, 0.3) is 0 Å². The van der Waals surface area contributed by atoms with Crippen molar-refractivity contribution in [3.8, 4) is 0 Å². The van der Waals surface area contributed by atoms with E-state index in [0.29, 0.717) is 6.42 Å². The Kier molecular flexibility index (Phi) is 2.70. The van der Waals surface area contributed by atoms with Crippen LogP contribution in [0.4, 0.5) is 5.69 Å². The first-order valence-electron chi connectivity index (χ1n) is 8.47. The smallest absolute Gasteiger partial charge is 0.331 e. The van der Waals surface area contributed by atoms with E-state index in [1.807, 2.05) is 13.0 Å². The highest BCUT2D eigenvalue weighted by Gasteiger charge is 2.58. The van der Waals surface area contributed by atoms with Crippen LogP contribution in [0.25, 0.3) is 0 Å². The summed E-state index contributed by atoms with van der Waals surface area (Å²) in [6.07, 6.45) is 0.800. The fourth-order valence-electron chi connectivity index (χ4n) is 4.99. The van der Waals surface area contributed by atoms with Crippen molar-refractivity contribution >= 4 is 11.7 Å². The third-order valence-electron chi connectivity index (χ3n) is 5.96. The molecule has 3 aliphatic heterocycles. The molecule has 0 spiro atoms. The van der Waals surface area contributed by atoms with Gasteiger partial charge in [0.2, 0.25) is 0 Å². The third-order valence-corrected chi connectivity index (χ3v) is 5.96. The minimum absolute atomic E-state index is 0.0974. The Hall–Kier alpha value is -2.33. The first kappa shape index (κ1) is 14.1. The molecule has 122 valence electrons. The molecule has 4 atom stereocenters. The minimum Gasteiger partial charge on any atom is -0.467 e. The number of hydrogen-bond acceptors (Lipinski definition) is 4. The molecule has 5 rings (SSSR count). The molecule has 1 saturated heterocycles. The van der Waals surface area contributed by atoms with Crippen molar-refractivity contribution in [1.82, 2.24) is 5.32 Å². The number of benzene rings is 2. The Morgan fingerprint density at radius 3 is 2.54 bits per heavy atom. The molecule has 4 nitrogen and oxygen atoms in total. The zero-order valence-corrected chi connectivity index (χ0v) is 13.8. The highest BCUT2D eigenvalue weighted by atomic mass is 16.5. The van der Waals surface area contributed by atoms with Crippen LogP contribution in [-0.4, -0.2) is 24.8 Å². The van der Waals surface area contributed by atoms with Gasteiger partial charge in [0.15, 0.2) is 0 Å². The molecule has 3 aliphatic rings. The summed E-state index contributed by atoms with van der Waals surface area (Å²) in [5.41, 5.74) is 4.47. The number of nitrogens with zero attached hydrogens (tertiary/aromatic N) is 1. The molecule has 1 fully saturated rings. The van der Waals surface area contributed by atoms with Gasteiger partial charge in [-0.25, -0.2) is 4.79 Å². The van der Waals surface area contributed by atoms with E-state index in [-0.39, 0.29) is 24.1 Å². The Morgan fingerprint density at radius 2 is 1.79 bits per heavy atom. The number of esters is 1. The van der Waals surface area contributed by atoms with Gasteiger partial charge in [0.1, 0.15) is 5.54 Å². The summed E-state index contributed by atoms with van der Waals surface area (Å²) >= 11 is 0. The Labute approximate surface area is 141 Å². The van der Waals surface area contributed by atoms with E-state index in [2.05, 4.69) is 52.7 Å². The molecular weight excluding hydrogens is 300 g/mol. The molecule has 0 unspecified atom stereocenters. The lowest BCUT2D eigenvalue weighted by Crippen LogP contribution is -2.67. The Bertz CT molecular complexity index is 849. The monoisotopic (exact) mass is 320 g/mol. The first-order valence-corrected chi connectivity index (χ1v) is 8.47. The van der Waals surface area contributed by atoms with Gasteiger partial charge >= 0.3 is 5.97 Å². The number of fused-ring (bicyclic) bond motifs is 7. The van der Waals surface area contributed by atoms with E-state index < -0.39 is 5.54 Å². The molecule has 2 aromatic rings. The quantitative estimate of drug-likeness (QED) is 0.820. The number of nitrogens with one attached hydrogen (secondary N) is 1. The molecule has 0 amide bonds. The van der Waals surface area contributed by atoms with Crippen LogP contribution in [0.3, 0.4) is 0 Å². The van der Waals surface area contributed by atoms with Gasteiger partial charge < -0.3 is 9.64 Å². The number of ether oxygens (including phenoxy) is 1. The van der Waals surface area contributed by atoms with Gasteiger partial charge in [0.05, 0.1) is 13.3 Å². The second kappa shape index (κ2) is 4.61. The number of anilines is 1. The molecule has 0 saturated carbocycles. The topological polar surface area (TPSA) is 41.6 Å². The highest BCUT2D eigenvalue weighted by Crippen LogP contribution is 2.55. The van der Waals surface area contributed by atoms with Crippen molar-refractivity contribution in [2.24, 2.45) is 0 Å². The maximum atomic E-state index is 12.7. The van der Waals surface area contributed by atoms with Crippen LogP contribution in [0.15, 0.2) is 48.5 Å². The van der Waals surface area contributed by atoms with E-state index in [4.69, 9.17) is 4.74 Å². The summed E-state index contributed by atoms with van der Waals surface area (Å²) in [5.74, 6) is 0.0896. The third kappa shape index (κ3) is 1.54. The second-order valence-corrected chi connectivity index (χ2v) is 7.17. The summed E-state index contributed by atoms with van der Waals surface area (Å²) in [4.78, 5) is 15.0. The van der Waals surface area contributed by atoms with Crippen molar-refractivity contribution in [3.63, 3.8) is 0 Å². The van der Waals surface area contributed by atoms with Crippen LogP contribution < -0.4 is 10.2 Å². The molecule has 0 aliphatic carbocycles. The van der Waals surface area contributed by atoms with Crippen LogP contribution in [-0.2, 0) is 9.53 Å². The van der Waals surface area contributed by atoms with Gasteiger partial charge in [-0.3, -0.25) is 5.32 Å².